The van der Waals surface area contributed by atoms with Gasteiger partial charge in [0, 0.05) is 32.4 Å². The van der Waals surface area contributed by atoms with Gasteiger partial charge in [0.2, 0.25) is 5.91 Å². The highest BCUT2D eigenvalue weighted by atomic mass is 16.2. The Morgan fingerprint density at radius 3 is 2.37 bits per heavy atom. The predicted octanol–water partition coefficient (Wildman–Crippen LogP) is 3.17. The third-order valence-corrected chi connectivity index (χ3v) is 4.87. The molecule has 2 rings (SSSR count). The van der Waals surface area contributed by atoms with E-state index in [0.29, 0.717) is 18.6 Å². The molecule has 0 radical (unpaired) electrons. The van der Waals surface area contributed by atoms with Gasteiger partial charge in [-0.25, -0.2) is 0 Å². The third-order valence-electron chi connectivity index (χ3n) is 4.87. The molecule has 0 aromatic heterocycles. The van der Waals surface area contributed by atoms with Gasteiger partial charge in [-0.3, -0.25) is 9.59 Å². The minimum absolute atomic E-state index is 0.106. The first-order chi connectivity index (χ1) is 9.16. The molecule has 2 aliphatic carbocycles. The van der Waals surface area contributed by atoms with Crippen LogP contribution in [0.2, 0.25) is 0 Å². The minimum atomic E-state index is 0.106. The Kier molecular flexibility index (Phi) is 5.41. The van der Waals surface area contributed by atoms with Gasteiger partial charge in [0.15, 0.2) is 0 Å². The van der Waals surface area contributed by atoms with E-state index in [1.165, 1.54) is 32.1 Å². The molecule has 0 spiro atoms. The highest BCUT2D eigenvalue weighted by Crippen LogP contribution is 2.27. The van der Waals surface area contributed by atoms with Crippen molar-refractivity contribution in [3.05, 3.63) is 0 Å². The number of carbonyl (C=O) groups excluding carboxylic acids is 2. The molecule has 0 atom stereocenters. The van der Waals surface area contributed by atoms with E-state index >= 15 is 0 Å². The fourth-order valence-electron chi connectivity index (χ4n) is 3.46. The van der Waals surface area contributed by atoms with Crippen LogP contribution >= 0.6 is 0 Å². The monoisotopic (exact) mass is 265 g/mol. The average Bonchev–Trinajstić information content (AvgIpc) is 2.46. The van der Waals surface area contributed by atoms with Gasteiger partial charge in [0.25, 0.3) is 0 Å². The molecule has 3 nitrogen and oxygen atoms in total. The zero-order chi connectivity index (χ0) is 13.7. The van der Waals surface area contributed by atoms with Crippen molar-refractivity contribution in [3.8, 4) is 0 Å². The topological polar surface area (TPSA) is 37.4 Å². The third kappa shape index (κ3) is 4.32. The van der Waals surface area contributed by atoms with Crippen molar-refractivity contribution in [3.63, 3.8) is 0 Å². The van der Waals surface area contributed by atoms with E-state index in [0.717, 1.165) is 31.7 Å². The Morgan fingerprint density at radius 1 is 1.11 bits per heavy atom. The number of rotatable bonds is 4. The fraction of sp³-hybridized carbons (Fsp3) is 0.875. The average molecular weight is 265 g/mol. The van der Waals surface area contributed by atoms with Crippen LogP contribution in [0.1, 0.15) is 64.2 Å². The van der Waals surface area contributed by atoms with Gasteiger partial charge >= 0.3 is 0 Å². The maximum Gasteiger partial charge on any atom is 0.225 e. The first-order valence-corrected chi connectivity index (χ1v) is 7.93. The fourth-order valence-corrected chi connectivity index (χ4v) is 3.46. The van der Waals surface area contributed by atoms with Gasteiger partial charge in [-0.1, -0.05) is 32.1 Å². The normalized spacial score (nSPS) is 22.5. The lowest BCUT2D eigenvalue weighted by Crippen LogP contribution is -2.36. The summed E-state index contributed by atoms with van der Waals surface area (Å²) in [4.78, 5) is 25.4. The summed E-state index contributed by atoms with van der Waals surface area (Å²) < 4.78 is 0. The quantitative estimate of drug-likeness (QED) is 0.783. The van der Waals surface area contributed by atoms with Gasteiger partial charge in [-0.2, -0.15) is 0 Å². The largest absolute Gasteiger partial charge is 0.346 e. The summed E-state index contributed by atoms with van der Waals surface area (Å²) in [6.07, 6.45) is 10.7. The summed E-state index contributed by atoms with van der Waals surface area (Å²) in [7, 11) is 1.93. The molecule has 1 amide bonds. The first kappa shape index (κ1) is 14.5. The summed E-state index contributed by atoms with van der Waals surface area (Å²) >= 11 is 0. The zero-order valence-corrected chi connectivity index (χ0v) is 12.2. The second-order valence-corrected chi connectivity index (χ2v) is 6.37. The molecule has 0 aromatic rings. The van der Waals surface area contributed by atoms with Crippen molar-refractivity contribution in [1.82, 2.24) is 4.90 Å². The number of carbonyl (C=O) groups is 2. The number of Topliss-reactive ketones (excluding diaryl/α,β-unsaturated/α-hetero) is 1. The van der Waals surface area contributed by atoms with E-state index in [4.69, 9.17) is 0 Å². The smallest absolute Gasteiger partial charge is 0.225 e. The molecule has 0 N–H and O–H groups in total. The molecule has 2 saturated carbocycles. The standard InChI is InChI=1S/C16H27NO2/c1-17(12-11-13-5-3-2-4-6-13)16(19)14-7-9-15(18)10-8-14/h13-14H,2-12H2,1H3. The van der Waals surface area contributed by atoms with E-state index in [2.05, 4.69) is 0 Å². The molecule has 0 saturated heterocycles. The van der Waals surface area contributed by atoms with Crippen LogP contribution in [0.3, 0.4) is 0 Å². The van der Waals surface area contributed by atoms with Gasteiger partial charge in [-0.05, 0) is 25.2 Å². The van der Waals surface area contributed by atoms with Crippen LogP contribution in [-0.4, -0.2) is 30.2 Å². The molecule has 108 valence electrons. The lowest BCUT2D eigenvalue weighted by molar-refractivity contribution is -0.136. The van der Waals surface area contributed by atoms with Gasteiger partial charge in [0.1, 0.15) is 5.78 Å². The highest BCUT2D eigenvalue weighted by molar-refractivity contribution is 5.84. The van der Waals surface area contributed by atoms with Crippen molar-refractivity contribution in [2.75, 3.05) is 13.6 Å². The molecule has 0 aromatic carbocycles. The maximum atomic E-state index is 12.3. The number of amides is 1. The van der Waals surface area contributed by atoms with Crippen molar-refractivity contribution < 1.29 is 9.59 Å². The molecule has 0 unspecified atom stereocenters. The highest BCUT2D eigenvalue weighted by Gasteiger charge is 2.27. The maximum absolute atomic E-state index is 12.3. The second kappa shape index (κ2) is 7.06. The molecular weight excluding hydrogens is 238 g/mol. The molecule has 3 heteroatoms. The number of hydrogen-bond acceptors (Lipinski definition) is 2. The van der Waals surface area contributed by atoms with E-state index in [9.17, 15) is 9.59 Å². The lowest BCUT2D eigenvalue weighted by atomic mass is 9.86. The molecule has 0 bridgehead atoms. The van der Waals surface area contributed by atoms with E-state index in [1.54, 1.807) is 0 Å². The van der Waals surface area contributed by atoms with E-state index < -0.39 is 0 Å². The van der Waals surface area contributed by atoms with Crippen LogP contribution in [0.25, 0.3) is 0 Å². The number of ketones is 1. The number of nitrogens with zero attached hydrogens (tertiary/aromatic N) is 1. The Bertz CT molecular complexity index is 311. The van der Waals surface area contributed by atoms with E-state index in [1.807, 2.05) is 11.9 Å². The molecule has 0 heterocycles. The summed E-state index contributed by atoms with van der Waals surface area (Å²) in [5.74, 6) is 1.53. The summed E-state index contributed by atoms with van der Waals surface area (Å²) in [6.45, 7) is 0.897. The molecular formula is C16H27NO2. The van der Waals surface area contributed by atoms with Gasteiger partial charge in [0.05, 0.1) is 0 Å². The van der Waals surface area contributed by atoms with Gasteiger partial charge in [-0.15, -0.1) is 0 Å². The van der Waals surface area contributed by atoms with Crippen molar-refractivity contribution >= 4 is 11.7 Å². The Labute approximate surface area is 116 Å². The Balaban J connectivity index is 1.71. The molecule has 2 aliphatic rings. The summed E-state index contributed by atoms with van der Waals surface area (Å²) in [5.41, 5.74) is 0. The van der Waals surface area contributed by atoms with Crippen LogP contribution in [-0.2, 0) is 9.59 Å². The van der Waals surface area contributed by atoms with Crippen LogP contribution in [0, 0.1) is 11.8 Å². The van der Waals surface area contributed by atoms with Crippen LogP contribution in [0.15, 0.2) is 0 Å². The van der Waals surface area contributed by atoms with Crippen LogP contribution in [0.5, 0.6) is 0 Å². The van der Waals surface area contributed by atoms with Crippen molar-refractivity contribution in [1.29, 1.82) is 0 Å². The second-order valence-electron chi connectivity index (χ2n) is 6.37. The van der Waals surface area contributed by atoms with E-state index in [-0.39, 0.29) is 11.8 Å². The van der Waals surface area contributed by atoms with Crippen LogP contribution < -0.4 is 0 Å². The first-order valence-electron chi connectivity index (χ1n) is 7.93. The minimum Gasteiger partial charge on any atom is -0.346 e. The van der Waals surface area contributed by atoms with Crippen molar-refractivity contribution in [2.24, 2.45) is 11.8 Å². The zero-order valence-electron chi connectivity index (χ0n) is 12.2. The Hall–Kier alpha value is -0.860. The molecule has 0 aliphatic heterocycles. The lowest BCUT2D eigenvalue weighted by Gasteiger charge is -2.28. The SMILES string of the molecule is CN(CCC1CCCCC1)C(=O)C1CCC(=O)CC1. The predicted molar refractivity (Wildman–Crippen MR) is 75.8 cm³/mol. The number of hydrogen-bond donors (Lipinski definition) is 0. The summed E-state index contributed by atoms with van der Waals surface area (Å²) in [5, 5.41) is 0. The van der Waals surface area contributed by atoms with Crippen LogP contribution in [0.4, 0.5) is 0 Å². The van der Waals surface area contributed by atoms with Gasteiger partial charge < -0.3 is 4.90 Å². The summed E-state index contributed by atoms with van der Waals surface area (Å²) in [6, 6.07) is 0. The Morgan fingerprint density at radius 2 is 1.74 bits per heavy atom. The molecule has 19 heavy (non-hydrogen) atoms. The molecule has 2 fully saturated rings. The van der Waals surface area contributed by atoms with Crippen molar-refractivity contribution in [2.45, 2.75) is 64.2 Å².